The van der Waals surface area contributed by atoms with Crippen molar-refractivity contribution in [1.29, 1.82) is 0 Å². The van der Waals surface area contributed by atoms with Crippen molar-refractivity contribution in [3.63, 3.8) is 0 Å². The third-order valence-corrected chi connectivity index (χ3v) is 2.83. The Morgan fingerprint density at radius 1 is 1.42 bits per heavy atom. The van der Waals surface area contributed by atoms with E-state index in [0.29, 0.717) is 12.5 Å². The van der Waals surface area contributed by atoms with Crippen molar-refractivity contribution in [2.75, 3.05) is 13.2 Å². The third kappa shape index (κ3) is 3.94. The van der Waals surface area contributed by atoms with Crippen LogP contribution >= 0.6 is 0 Å². The first kappa shape index (κ1) is 13.3. The van der Waals surface area contributed by atoms with Gasteiger partial charge in [-0.15, -0.1) is 0 Å². The van der Waals surface area contributed by atoms with Gasteiger partial charge in [-0.1, -0.05) is 0 Å². The van der Waals surface area contributed by atoms with E-state index in [1.54, 1.807) is 0 Å². The Bertz CT molecular complexity index is 499. The lowest BCUT2D eigenvalue weighted by molar-refractivity contribution is -0.123. The summed E-state index contributed by atoms with van der Waals surface area (Å²) in [5.41, 5.74) is -0.425. The topological polar surface area (TPSA) is 75.6 Å². The molecule has 1 saturated carbocycles. The first-order valence-electron chi connectivity index (χ1n) is 5.98. The zero-order chi connectivity index (χ0) is 13.8. The summed E-state index contributed by atoms with van der Waals surface area (Å²) in [7, 11) is 0. The first-order chi connectivity index (χ1) is 9.06. The molecule has 1 aromatic rings. The highest BCUT2D eigenvalue weighted by Gasteiger charge is 2.21. The zero-order valence-electron chi connectivity index (χ0n) is 10.2. The smallest absolute Gasteiger partial charge is 0.338 e. The summed E-state index contributed by atoms with van der Waals surface area (Å²) < 4.78 is 18.4. The summed E-state index contributed by atoms with van der Waals surface area (Å²) in [4.78, 5) is 22.0. The molecule has 5 nitrogen and oxygen atoms in total. The molecule has 1 aromatic carbocycles. The summed E-state index contributed by atoms with van der Waals surface area (Å²) in [6, 6.07) is 3.38. The van der Waals surface area contributed by atoms with Crippen LogP contribution in [0.1, 0.15) is 23.2 Å². The second-order valence-electron chi connectivity index (χ2n) is 4.48. The Morgan fingerprint density at radius 2 is 2.16 bits per heavy atom. The molecule has 0 saturated heterocycles. The van der Waals surface area contributed by atoms with Crippen LogP contribution in [0.2, 0.25) is 0 Å². The number of carboxylic acid groups (broad SMARTS) is 1. The van der Waals surface area contributed by atoms with Gasteiger partial charge in [0.05, 0.1) is 5.56 Å². The van der Waals surface area contributed by atoms with E-state index < -0.39 is 17.3 Å². The van der Waals surface area contributed by atoms with Gasteiger partial charge in [-0.05, 0) is 30.9 Å². The number of halogens is 1. The number of ether oxygens (including phenoxy) is 1. The predicted octanol–water partition coefficient (Wildman–Crippen LogP) is 1.43. The molecule has 102 valence electrons. The minimum Gasteiger partial charge on any atom is -0.484 e. The highest BCUT2D eigenvalue weighted by molar-refractivity contribution is 5.88. The number of aromatic carboxylic acids is 1. The van der Waals surface area contributed by atoms with Gasteiger partial charge in [0.1, 0.15) is 11.6 Å². The molecule has 0 bridgehead atoms. The lowest BCUT2D eigenvalue weighted by Gasteiger charge is -2.07. The Labute approximate surface area is 109 Å². The maximum Gasteiger partial charge on any atom is 0.338 e. The van der Waals surface area contributed by atoms with Crippen LogP contribution in [0.25, 0.3) is 0 Å². The van der Waals surface area contributed by atoms with Gasteiger partial charge in [-0.25, -0.2) is 9.18 Å². The van der Waals surface area contributed by atoms with Crippen molar-refractivity contribution in [2.45, 2.75) is 12.8 Å². The molecule has 1 amide bonds. The minimum atomic E-state index is -1.34. The van der Waals surface area contributed by atoms with Crippen LogP contribution in [0.15, 0.2) is 18.2 Å². The summed E-state index contributed by atoms with van der Waals surface area (Å²) in [5.74, 6) is -1.79. The molecule has 2 N–H and O–H groups in total. The number of benzene rings is 1. The second kappa shape index (κ2) is 5.69. The lowest BCUT2D eigenvalue weighted by atomic mass is 10.2. The number of nitrogens with one attached hydrogen (secondary N) is 1. The van der Waals surface area contributed by atoms with Gasteiger partial charge in [0.25, 0.3) is 5.91 Å². The van der Waals surface area contributed by atoms with Crippen molar-refractivity contribution < 1.29 is 23.8 Å². The van der Waals surface area contributed by atoms with Crippen molar-refractivity contribution in [3.05, 3.63) is 29.6 Å². The molecule has 19 heavy (non-hydrogen) atoms. The van der Waals surface area contributed by atoms with E-state index in [4.69, 9.17) is 9.84 Å². The van der Waals surface area contributed by atoms with Gasteiger partial charge in [0.2, 0.25) is 0 Å². The number of carbonyl (C=O) groups excluding carboxylic acids is 1. The molecule has 0 heterocycles. The normalized spacial score (nSPS) is 13.9. The SMILES string of the molecule is O=C(COc1ccc(C(=O)O)c(F)c1)NCC1CC1. The Hall–Kier alpha value is -2.11. The molecule has 0 spiro atoms. The Balaban J connectivity index is 1.83. The van der Waals surface area contributed by atoms with E-state index in [9.17, 15) is 14.0 Å². The Morgan fingerprint density at radius 3 is 2.74 bits per heavy atom. The van der Waals surface area contributed by atoms with Crippen LogP contribution in [-0.2, 0) is 4.79 Å². The lowest BCUT2D eigenvalue weighted by Crippen LogP contribution is -2.30. The highest BCUT2D eigenvalue weighted by Crippen LogP contribution is 2.27. The number of carboxylic acids is 1. The molecule has 0 atom stereocenters. The summed E-state index contributed by atoms with van der Waals surface area (Å²) in [6.45, 7) is 0.438. The van der Waals surface area contributed by atoms with Gasteiger partial charge >= 0.3 is 5.97 Å². The number of hydrogen-bond acceptors (Lipinski definition) is 3. The molecule has 6 heteroatoms. The second-order valence-corrected chi connectivity index (χ2v) is 4.48. The van der Waals surface area contributed by atoms with Crippen molar-refractivity contribution in [2.24, 2.45) is 5.92 Å². The average Bonchev–Trinajstić information content (AvgIpc) is 3.17. The summed E-state index contributed by atoms with van der Waals surface area (Å²) in [5, 5.41) is 11.4. The highest BCUT2D eigenvalue weighted by atomic mass is 19.1. The number of carbonyl (C=O) groups is 2. The van der Waals surface area contributed by atoms with Gasteiger partial charge in [0.15, 0.2) is 6.61 Å². The fourth-order valence-corrected chi connectivity index (χ4v) is 1.54. The van der Waals surface area contributed by atoms with Crippen LogP contribution in [0, 0.1) is 11.7 Å². The quantitative estimate of drug-likeness (QED) is 0.817. The van der Waals surface area contributed by atoms with E-state index in [1.165, 1.54) is 6.07 Å². The monoisotopic (exact) mass is 267 g/mol. The fraction of sp³-hybridized carbons (Fsp3) is 0.385. The van der Waals surface area contributed by atoms with Gasteiger partial charge < -0.3 is 15.2 Å². The van der Waals surface area contributed by atoms with Gasteiger partial charge in [-0.3, -0.25) is 4.79 Å². The van der Waals surface area contributed by atoms with E-state index >= 15 is 0 Å². The van der Waals surface area contributed by atoms with Crippen molar-refractivity contribution in [3.8, 4) is 5.75 Å². The summed E-state index contributed by atoms with van der Waals surface area (Å²) >= 11 is 0. The van der Waals surface area contributed by atoms with Gasteiger partial charge in [0, 0.05) is 12.6 Å². The maximum absolute atomic E-state index is 13.3. The Kier molecular flexibility index (Phi) is 3.99. The number of amides is 1. The van der Waals surface area contributed by atoms with E-state index in [-0.39, 0.29) is 18.3 Å². The molecule has 0 aromatic heterocycles. The first-order valence-corrected chi connectivity index (χ1v) is 5.98. The molecule has 0 radical (unpaired) electrons. The largest absolute Gasteiger partial charge is 0.484 e. The van der Waals surface area contributed by atoms with Crippen LogP contribution in [0.4, 0.5) is 4.39 Å². The standard InChI is InChI=1S/C13H14FNO4/c14-11-5-9(3-4-10(11)13(17)18)19-7-12(16)15-6-8-1-2-8/h3-5,8H,1-2,6-7H2,(H,15,16)(H,17,18). The molecule has 0 unspecified atom stereocenters. The van der Waals surface area contributed by atoms with Crippen molar-refractivity contribution >= 4 is 11.9 Å². The predicted molar refractivity (Wildman–Crippen MR) is 64.6 cm³/mol. The molecule has 1 fully saturated rings. The number of hydrogen-bond donors (Lipinski definition) is 2. The van der Waals surface area contributed by atoms with E-state index in [1.807, 2.05) is 0 Å². The molecule has 1 aliphatic carbocycles. The molecular formula is C13H14FNO4. The van der Waals surface area contributed by atoms with Crippen LogP contribution in [-0.4, -0.2) is 30.1 Å². The fourth-order valence-electron chi connectivity index (χ4n) is 1.54. The molecule has 2 rings (SSSR count). The van der Waals surface area contributed by atoms with Crippen LogP contribution < -0.4 is 10.1 Å². The minimum absolute atomic E-state index is 0.129. The molecular weight excluding hydrogens is 253 g/mol. The van der Waals surface area contributed by atoms with E-state index in [0.717, 1.165) is 25.0 Å². The van der Waals surface area contributed by atoms with Crippen LogP contribution in [0.5, 0.6) is 5.75 Å². The molecule has 1 aliphatic rings. The third-order valence-electron chi connectivity index (χ3n) is 2.83. The number of rotatable bonds is 6. The average molecular weight is 267 g/mol. The maximum atomic E-state index is 13.3. The van der Waals surface area contributed by atoms with Crippen LogP contribution in [0.3, 0.4) is 0 Å². The summed E-state index contributed by atoms with van der Waals surface area (Å²) in [6.07, 6.45) is 2.28. The van der Waals surface area contributed by atoms with E-state index in [2.05, 4.69) is 5.32 Å². The van der Waals surface area contributed by atoms with Crippen molar-refractivity contribution in [1.82, 2.24) is 5.32 Å². The molecule has 0 aliphatic heterocycles. The zero-order valence-corrected chi connectivity index (χ0v) is 10.2. The van der Waals surface area contributed by atoms with Gasteiger partial charge in [-0.2, -0.15) is 0 Å².